The van der Waals surface area contributed by atoms with Crippen LogP contribution in [0.2, 0.25) is 0 Å². The minimum atomic E-state index is 0.584. The minimum Gasteiger partial charge on any atom is -0.456 e. The first kappa shape index (κ1) is 38.2. The highest BCUT2D eigenvalue weighted by Gasteiger charge is 2.22. The van der Waals surface area contributed by atoms with Crippen LogP contribution in [0.5, 0.6) is 0 Å². The molecule has 69 heavy (non-hydrogen) atoms. The van der Waals surface area contributed by atoms with E-state index in [1.54, 1.807) is 0 Å². The van der Waals surface area contributed by atoms with Crippen molar-refractivity contribution in [2.45, 2.75) is 0 Å². The van der Waals surface area contributed by atoms with Crippen molar-refractivity contribution in [3.8, 4) is 51.0 Å². The third-order valence-corrected chi connectivity index (χ3v) is 15.1. The molecule has 15 aromatic rings. The number of thiophene rings is 1. The van der Waals surface area contributed by atoms with Gasteiger partial charge in [-0.2, -0.15) is 0 Å². The Kier molecular flexibility index (Phi) is 8.17. The normalized spacial score (nSPS) is 12.1. The summed E-state index contributed by atoms with van der Waals surface area (Å²) in [6.45, 7) is 0. The van der Waals surface area contributed by atoms with Crippen LogP contribution in [0.4, 0.5) is 0 Å². The van der Waals surface area contributed by atoms with Gasteiger partial charge in [-0.1, -0.05) is 164 Å². The largest absolute Gasteiger partial charge is 0.456 e. The van der Waals surface area contributed by atoms with Gasteiger partial charge in [0.25, 0.3) is 0 Å². The van der Waals surface area contributed by atoms with E-state index in [2.05, 4.69) is 193 Å². The van der Waals surface area contributed by atoms with Crippen molar-refractivity contribution in [2.75, 3.05) is 0 Å². The molecule has 0 aliphatic heterocycles. The molecule has 0 spiro atoms. The van der Waals surface area contributed by atoms with Crippen LogP contribution in [0.15, 0.2) is 223 Å². The number of nitrogens with zero attached hydrogens (tertiary/aromatic N) is 4. The molecule has 0 amide bonds. The molecule has 0 bridgehead atoms. The number of rotatable bonds is 5. The highest BCUT2D eigenvalue weighted by molar-refractivity contribution is 7.26. The van der Waals surface area contributed by atoms with Crippen LogP contribution in [0.3, 0.4) is 0 Å². The fraction of sp³-hybridized carbons (Fsp3) is 0. The van der Waals surface area contributed by atoms with Crippen LogP contribution in [-0.2, 0) is 0 Å². The Labute approximate surface area is 398 Å². The van der Waals surface area contributed by atoms with Crippen molar-refractivity contribution >= 4 is 108 Å². The lowest BCUT2D eigenvalue weighted by molar-refractivity contribution is 0.669. The van der Waals surface area contributed by atoms with Gasteiger partial charge in [0, 0.05) is 64.1 Å². The first-order valence-corrected chi connectivity index (χ1v) is 24.1. The molecule has 15 rings (SSSR count). The molecule has 4 aromatic heterocycles. The molecule has 5 nitrogen and oxygen atoms in total. The zero-order valence-corrected chi connectivity index (χ0v) is 37.7. The zero-order chi connectivity index (χ0) is 45.2. The number of hydrogen-bond donors (Lipinski definition) is 0. The summed E-state index contributed by atoms with van der Waals surface area (Å²) >= 11 is 1.85. The lowest BCUT2D eigenvalue weighted by Gasteiger charge is -2.13. The molecule has 0 saturated heterocycles. The van der Waals surface area contributed by atoms with E-state index in [1.165, 1.54) is 74.5 Å². The third-order valence-electron chi connectivity index (χ3n) is 14.0. The monoisotopic (exact) mass is 896 g/mol. The Morgan fingerprint density at radius 1 is 0.319 bits per heavy atom. The average molecular weight is 897 g/mol. The lowest BCUT2D eigenvalue weighted by Crippen LogP contribution is -2.00. The van der Waals surface area contributed by atoms with Gasteiger partial charge in [0.1, 0.15) is 11.2 Å². The number of fused-ring (bicyclic) bond motifs is 15. The fourth-order valence-corrected chi connectivity index (χ4v) is 12.1. The SMILES string of the molecule is c1ccc(-c2nc(-c3ccc4c5ccccc5c5ccccc5c4c3)nc(-c3cccc4oc5ccc(-c6cc(-n7c8ccccc8c8ccccc87)cc7sc8ccccc8c67)cc5c34)n2)cc1. The molecule has 0 N–H and O–H groups in total. The first-order chi connectivity index (χ1) is 34.2. The molecule has 0 unspecified atom stereocenters. The van der Waals surface area contributed by atoms with Crippen LogP contribution in [0.1, 0.15) is 0 Å². The van der Waals surface area contributed by atoms with Crippen molar-refractivity contribution in [3.05, 3.63) is 218 Å². The molecule has 6 heteroatoms. The second kappa shape index (κ2) is 14.8. The number of para-hydroxylation sites is 2. The van der Waals surface area contributed by atoms with Crippen molar-refractivity contribution in [3.63, 3.8) is 0 Å². The zero-order valence-electron chi connectivity index (χ0n) is 36.9. The van der Waals surface area contributed by atoms with E-state index in [0.29, 0.717) is 17.5 Å². The smallest absolute Gasteiger partial charge is 0.164 e. The topological polar surface area (TPSA) is 56.7 Å². The Morgan fingerprint density at radius 2 is 0.884 bits per heavy atom. The standard InChI is InChI=1S/C63H36N4OS/c1-2-15-37(16-3-1)61-64-62(39-29-31-45-43-19-5-4-17-41(43)42-18-6-7-20-44(42)51(45)34-39)66-63(65-61)49-24-14-27-56-59(49)52-33-38(30-32-55(52)68-56)50-35-40(36-58-60(50)48-23-10-13-28-57(48)69-58)67-53-25-11-8-21-46(53)47-22-9-12-26-54(47)67/h1-36H. The molecule has 0 aliphatic rings. The van der Waals surface area contributed by atoms with Gasteiger partial charge in [-0.25, -0.2) is 15.0 Å². The Morgan fingerprint density at radius 3 is 1.61 bits per heavy atom. The van der Waals surface area contributed by atoms with Crippen LogP contribution >= 0.6 is 11.3 Å². The van der Waals surface area contributed by atoms with Gasteiger partial charge in [0.15, 0.2) is 17.5 Å². The first-order valence-electron chi connectivity index (χ1n) is 23.3. The molecular formula is C63H36N4OS. The van der Waals surface area contributed by atoms with E-state index in [1.807, 2.05) is 41.7 Å². The molecular weight excluding hydrogens is 861 g/mol. The van der Waals surface area contributed by atoms with Crippen molar-refractivity contribution in [2.24, 2.45) is 0 Å². The molecule has 320 valence electrons. The highest BCUT2D eigenvalue weighted by atomic mass is 32.1. The molecule has 4 heterocycles. The summed E-state index contributed by atoms with van der Waals surface area (Å²) in [4.78, 5) is 15.8. The minimum absolute atomic E-state index is 0.584. The summed E-state index contributed by atoms with van der Waals surface area (Å²) in [7, 11) is 0. The van der Waals surface area contributed by atoms with E-state index in [0.717, 1.165) is 55.3 Å². The average Bonchev–Trinajstić information content (AvgIpc) is 4.10. The van der Waals surface area contributed by atoms with Gasteiger partial charge in [0.2, 0.25) is 0 Å². The van der Waals surface area contributed by atoms with E-state index < -0.39 is 0 Å². The second-order valence-corrected chi connectivity index (χ2v) is 18.9. The van der Waals surface area contributed by atoms with Gasteiger partial charge >= 0.3 is 0 Å². The fourth-order valence-electron chi connectivity index (χ4n) is 11.0. The number of benzene rings is 11. The number of furan rings is 1. The van der Waals surface area contributed by atoms with Crippen LogP contribution in [0, 0.1) is 0 Å². The van der Waals surface area contributed by atoms with E-state index >= 15 is 0 Å². The summed E-state index contributed by atoms with van der Waals surface area (Å²) in [5.41, 5.74) is 10.1. The van der Waals surface area contributed by atoms with Crippen LogP contribution < -0.4 is 0 Å². The van der Waals surface area contributed by atoms with Gasteiger partial charge in [-0.3, -0.25) is 0 Å². The summed E-state index contributed by atoms with van der Waals surface area (Å²) in [6, 6.07) is 78.0. The molecule has 0 atom stereocenters. The summed E-state index contributed by atoms with van der Waals surface area (Å²) in [5.74, 6) is 1.80. The third kappa shape index (κ3) is 5.79. The Balaban J connectivity index is 0.959. The van der Waals surface area contributed by atoms with Crippen molar-refractivity contribution in [1.29, 1.82) is 0 Å². The van der Waals surface area contributed by atoms with Gasteiger partial charge < -0.3 is 8.98 Å². The summed E-state index contributed by atoms with van der Waals surface area (Å²) in [5, 5.41) is 14.2. The molecule has 0 saturated carbocycles. The number of aromatic nitrogens is 4. The molecule has 0 aliphatic carbocycles. The maximum absolute atomic E-state index is 6.71. The van der Waals surface area contributed by atoms with Crippen LogP contribution in [-0.4, -0.2) is 19.5 Å². The molecule has 11 aromatic carbocycles. The van der Waals surface area contributed by atoms with Gasteiger partial charge in [-0.05, 0) is 98.0 Å². The second-order valence-electron chi connectivity index (χ2n) is 17.8. The Bertz CT molecular complexity index is 4530. The highest BCUT2D eigenvalue weighted by Crippen LogP contribution is 2.46. The predicted octanol–water partition coefficient (Wildman–Crippen LogP) is 17.4. The quantitative estimate of drug-likeness (QED) is 0.162. The maximum Gasteiger partial charge on any atom is 0.164 e. The molecule has 0 radical (unpaired) electrons. The van der Waals surface area contributed by atoms with Crippen LogP contribution in [0.25, 0.3) is 147 Å². The maximum atomic E-state index is 6.71. The van der Waals surface area contributed by atoms with Gasteiger partial charge in [-0.15, -0.1) is 11.3 Å². The Hall–Kier alpha value is -8.97. The van der Waals surface area contributed by atoms with Crippen molar-refractivity contribution < 1.29 is 4.42 Å². The summed E-state index contributed by atoms with van der Waals surface area (Å²) in [6.07, 6.45) is 0. The van der Waals surface area contributed by atoms with E-state index in [4.69, 9.17) is 19.4 Å². The van der Waals surface area contributed by atoms with E-state index in [-0.39, 0.29) is 0 Å². The lowest BCUT2D eigenvalue weighted by atomic mass is 9.93. The van der Waals surface area contributed by atoms with Gasteiger partial charge in [0.05, 0.1) is 11.0 Å². The summed E-state index contributed by atoms with van der Waals surface area (Å²) < 4.78 is 11.6. The molecule has 0 fully saturated rings. The van der Waals surface area contributed by atoms with Crippen molar-refractivity contribution in [1.82, 2.24) is 19.5 Å². The number of hydrogen-bond acceptors (Lipinski definition) is 5. The van der Waals surface area contributed by atoms with E-state index in [9.17, 15) is 0 Å². The predicted molar refractivity (Wildman–Crippen MR) is 289 cm³/mol.